The summed E-state index contributed by atoms with van der Waals surface area (Å²) in [5.41, 5.74) is 3.36. The van der Waals surface area contributed by atoms with E-state index in [9.17, 15) is 9.18 Å². The van der Waals surface area contributed by atoms with E-state index in [1.54, 1.807) is 11.0 Å². The van der Waals surface area contributed by atoms with E-state index >= 15 is 0 Å². The van der Waals surface area contributed by atoms with Crippen molar-refractivity contribution in [2.45, 2.75) is 19.9 Å². The van der Waals surface area contributed by atoms with E-state index < -0.39 is 0 Å². The van der Waals surface area contributed by atoms with E-state index in [1.807, 2.05) is 23.6 Å². The fourth-order valence-corrected chi connectivity index (χ4v) is 5.90. The van der Waals surface area contributed by atoms with Gasteiger partial charge in [0.1, 0.15) is 5.82 Å². The predicted molar refractivity (Wildman–Crippen MR) is 132 cm³/mol. The van der Waals surface area contributed by atoms with Crippen molar-refractivity contribution < 1.29 is 9.18 Å². The standard InChI is InChI=1S/C26H26BrFN2OS/c1-2-17-5-7-18(8-6-17)13-29-14-20-21(15-29)22(20)16-30(26(31)25-4-3-11-32-25)19-9-10-23(27)24(28)12-19/h3-12,20-22H,2,13-16H2,1H3. The van der Waals surface area contributed by atoms with Crippen LogP contribution >= 0.6 is 27.3 Å². The fraction of sp³-hybridized carbons (Fsp3) is 0.346. The second-order valence-corrected chi connectivity index (χ2v) is 10.6. The molecule has 3 nitrogen and oxygen atoms in total. The summed E-state index contributed by atoms with van der Waals surface area (Å²) in [6.45, 7) is 5.95. The molecule has 2 aliphatic rings. The van der Waals surface area contributed by atoms with E-state index in [4.69, 9.17) is 0 Å². The first-order valence-corrected chi connectivity index (χ1v) is 12.8. The molecule has 2 fully saturated rings. The molecular weight excluding hydrogens is 487 g/mol. The molecule has 0 N–H and O–H groups in total. The van der Waals surface area contributed by atoms with E-state index in [0.717, 1.165) is 26.1 Å². The minimum Gasteiger partial charge on any atom is -0.307 e. The maximum atomic E-state index is 14.2. The van der Waals surface area contributed by atoms with Crippen molar-refractivity contribution in [3.05, 3.63) is 86.3 Å². The Morgan fingerprint density at radius 1 is 1.12 bits per heavy atom. The van der Waals surface area contributed by atoms with Gasteiger partial charge in [0.15, 0.2) is 0 Å². The molecule has 1 aliphatic heterocycles. The Bertz CT molecular complexity index is 1090. The van der Waals surface area contributed by atoms with Gasteiger partial charge in [-0.1, -0.05) is 37.3 Å². The van der Waals surface area contributed by atoms with Gasteiger partial charge >= 0.3 is 0 Å². The van der Waals surface area contributed by atoms with Crippen LogP contribution in [0.3, 0.4) is 0 Å². The predicted octanol–water partition coefficient (Wildman–Crippen LogP) is 6.24. The highest BCUT2D eigenvalue weighted by atomic mass is 79.9. The van der Waals surface area contributed by atoms with Gasteiger partial charge in [0.2, 0.25) is 0 Å². The highest BCUT2D eigenvalue weighted by molar-refractivity contribution is 9.10. The van der Waals surface area contributed by atoms with Gasteiger partial charge in [-0.05, 0) is 80.9 Å². The Hall–Kier alpha value is -2.02. The van der Waals surface area contributed by atoms with Crippen LogP contribution in [0.15, 0.2) is 64.5 Å². The van der Waals surface area contributed by atoms with Gasteiger partial charge in [-0.3, -0.25) is 9.69 Å². The number of halogens is 2. The Labute approximate surface area is 201 Å². The van der Waals surface area contributed by atoms with E-state index in [0.29, 0.717) is 39.3 Å². The molecule has 2 atom stereocenters. The van der Waals surface area contributed by atoms with Gasteiger partial charge in [-0.15, -0.1) is 11.3 Å². The molecule has 3 aromatic rings. The number of benzene rings is 2. The van der Waals surface area contributed by atoms with Crippen LogP contribution in [0, 0.1) is 23.6 Å². The van der Waals surface area contributed by atoms with Crippen molar-refractivity contribution in [1.29, 1.82) is 0 Å². The quantitative estimate of drug-likeness (QED) is 0.374. The third kappa shape index (κ3) is 4.41. The number of piperidine rings is 1. The number of hydrogen-bond donors (Lipinski definition) is 0. The summed E-state index contributed by atoms with van der Waals surface area (Å²) >= 11 is 4.65. The molecular formula is C26H26BrFN2OS. The molecule has 6 heteroatoms. The fourth-order valence-electron chi connectivity index (χ4n) is 4.98. The second-order valence-electron chi connectivity index (χ2n) is 8.85. The van der Waals surface area contributed by atoms with Gasteiger partial charge in [-0.2, -0.15) is 0 Å². The normalized spacial score (nSPS) is 22.0. The Morgan fingerprint density at radius 2 is 1.84 bits per heavy atom. The first-order chi connectivity index (χ1) is 15.5. The van der Waals surface area contributed by atoms with E-state index in [1.165, 1.54) is 28.5 Å². The largest absolute Gasteiger partial charge is 0.307 e. The van der Waals surface area contributed by atoms with Gasteiger partial charge in [-0.25, -0.2) is 4.39 Å². The van der Waals surface area contributed by atoms with Crippen LogP contribution in [0.1, 0.15) is 27.7 Å². The van der Waals surface area contributed by atoms with Crippen LogP contribution in [0.5, 0.6) is 0 Å². The number of hydrogen-bond acceptors (Lipinski definition) is 3. The average Bonchev–Trinajstić information content (AvgIpc) is 3.20. The molecule has 1 aromatic heterocycles. The van der Waals surface area contributed by atoms with Crippen LogP contribution in [-0.4, -0.2) is 30.4 Å². The second kappa shape index (κ2) is 9.08. The number of aryl methyl sites for hydroxylation is 1. The molecule has 1 amide bonds. The van der Waals surface area contributed by atoms with Gasteiger partial charge in [0.05, 0.1) is 9.35 Å². The lowest BCUT2D eigenvalue weighted by Crippen LogP contribution is -2.35. The summed E-state index contributed by atoms with van der Waals surface area (Å²) in [5.74, 6) is 1.32. The zero-order chi connectivity index (χ0) is 22.2. The van der Waals surface area contributed by atoms with Crippen LogP contribution in [0.2, 0.25) is 0 Å². The average molecular weight is 513 g/mol. The summed E-state index contributed by atoms with van der Waals surface area (Å²) in [6, 6.07) is 17.6. The molecule has 0 radical (unpaired) electrons. The first kappa shape index (κ1) is 21.8. The SMILES string of the molecule is CCc1ccc(CN2CC3C(C2)C3CN(C(=O)c2cccs2)c2ccc(Br)c(F)c2)cc1. The van der Waals surface area contributed by atoms with Crippen molar-refractivity contribution in [2.24, 2.45) is 17.8 Å². The third-order valence-electron chi connectivity index (χ3n) is 6.87. The zero-order valence-corrected chi connectivity index (χ0v) is 20.4. The van der Waals surface area contributed by atoms with Crippen LogP contribution in [0.25, 0.3) is 0 Å². The van der Waals surface area contributed by atoms with Crippen LogP contribution in [0.4, 0.5) is 10.1 Å². The summed E-state index contributed by atoms with van der Waals surface area (Å²) in [5, 5.41) is 1.91. The number of carbonyl (C=O) groups excluding carboxylic acids is 1. The molecule has 2 heterocycles. The number of anilines is 1. The van der Waals surface area contributed by atoms with Crippen molar-refractivity contribution >= 4 is 38.9 Å². The van der Waals surface area contributed by atoms with Crippen molar-refractivity contribution in [2.75, 3.05) is 24.5 Å². The van der Waals surface area contributed by atoms with E-state index in [-0.39, 0.29) is 11.7 Å². The molecule has 32 heavy (non-hydrogen) atoms. The highest BCUT2D eigenvalue weighted by Gasteiger charge is 2.56. The molecule has 2 aromatic carbocycles. The lowest BCUT2D eigenvalue weighted by Gasteiger charge is -2.25. The number of rotatable bonds is 7. The lowest BCUT2D eigenvalue weighted by atomic mass is 10.1. The minimum atomic E-state index is -0.345. The summed E-state index contributed by atoms with van der Waals surface area (Å²) in [7, 11) is 0. The summed E-state index contributed by atoms with van der Waals surface area (Å²) < 4.78 is 14.7. The van der Waals surface area contributed by atoms with E-state index in [2.05, 4.69) is 52.0 Å². The van der Waals surface area contributed by atoms with Crippen molar-refractivity contribution in [1.82, 2.24) is 4.90 Å². The number of thiophene rings is 1. The van der Waals surface area contributed by atoms with Crippen molar-refractivity contribution in [3.8, 4) is 0 Å². The molecule has 5 rings (SSSR count). The number of fused-ring (bicyclic) bond motifs is 1. The first-order valence-electron chi connectivity index (χ1n) is 11.1. The third-order valence-corrected chi connectivity index (χ3v) is 8.37. The number of amides is 1. The molecule has 0 bridgehead atoms. The lowest BCUT2D eigenvalue weighted by molar-refractivity contribution is 0.0988. The smallest absolute Gasteiger partial charge is 0.268 e. The summed E-state index contributed by atoms with van der Waals surface area (Å²) in [6.07, 6.45) is 1.07. The Morgan fingerprint density at radius 3 is 2.47 bits per heavy atom. The number of likely N-dealkylation sites (tertiary alicyclic amines) is 1. The summed E-state index contributed by atoms with van der Waals surface area (Å²) in [4.78, 5) is 18.2. The number of nitrogens with zero attached hydrogens (tertiary/aromatic N) is 2. The molecule has 1 saturated carbocycles. The van der Waals surface area contributed by atoms with Gasteiger partial charge < -0.3 is 4.90 Å². The van der Waals surface area contributed by atoms with Crippen LogP contribution < -0.4 is 4.90 Å². The van der Waals surface area contributed by atoms with Crippen molar-refractivity contribution in [3.63, 3.8) is 0 Å². The van der Waals surface area contributed by atoms with Crippen LogP contribution in [-0.2, 0) is 13.0 Å². The monoisotopic (exact) mass is 512 g/mol. The molecule has 1 saturated heterocycles. The molecule has 1 aliphatic carbocycles. The topological polar surface area (TPSA) is 23.6 Å². The number of carbonyl (C=O) groups is 1. The Kier molecular flexibility index (Phi) is 6.19. The van der Waals surface area contributed by atoms with Gasteiger partial charge in [0, 0.05) is 31.9 Å². The molecule has 2 unspecified atom stereocenters. The maximum absolute atomic E-state index is 14.2. The molecule has 0 spiro atoms. The molecule has 166 valence electrons. The maximum Gasteiger partial charge on any atom is 0.268 e. The minimum absolute atomic E-state index is 0.0421. The zero-order valence-electron chi connectivity index (χ0n) is 18.0. The van der Waals surface area contributed by atoms with Gasteiger partial charge in [0.25, 0.3) is 5.91 Å². The highest BCUT2D eigenvalue weighted by Crippen LogP contribution is 2.52. The Balaban J connectivity index is 1.25.